The second kappa shape index (κ2) is 5.61. The van der Waals surface area contributed by atoms with Crippen molar-refractivity contribution in [2.24, 2.45) is 0 Å². The number of hydrogen-bond donors (Lipinski definition) is 0. The van der Waals surface area contributed by atoms with Crippen molar-refractivity contribution in [3.8, 4) is 0 Å². The zero-order valence-corrected chi connectivity index (χ0v) is 6.35. The minimum absolute atomic E-state index is 1.15. The van der Waals surface area contributed by atoms with E-state index in [9.17, 15) is 0 Å². The van der Waals surface area contributed by atoms with Crippen LogP contribution in [0.2, 0.25) is 0 Å². The Bertz CT molecular complexity index is 101. The van der Waals surface area contributed by atoms with Crippen LogP contribution in [-0.4, -0.2) is 0 Å². The molecular formula is C9H15. The first-order chi connectivity index (χ1) is 4.35. The van der Waals surface area contributed by atoms with Gasteiger partial charge in [-0.25, -0.2) is 0 Å². The molecular weight excluding hydrogens is 108 g/mol. The summed E-state index contributed by atoms with van der Waals surface area (Å²) in [6.45, 7) is 7.95. The van der Waals surface area contributed by atoms with Gasteiger partial charge in [-0.1, -0.05) is 37.6 Å². The first-order valence-corrected chi connectivity index (χ1v) is 3.48. The molecule has 0 amide bonds. The van der Waals surface area contributed by atoms with Crippen LogP contribution in [-0.2, 0) is 0 Å². The highest BCUT2D eigenvalue weighted by atomic mass is 13.9. The molecule has 0 rings (SSSR count). The average Bonchev–Trinajstić information content (AvgIpc) is 1.91. The van der Waals surface area contributed by atoms with Gasteiger partial charge < -0.3 is 0 Å². The van der Waals surface area contributed by atoms with Gasteiger partial charge in [0.05, 0.1) is 0 Å². The predicted molar refractivity (Wildman–Crippen MR) is 43.2 cm³/mol. The van der Waals surface area contributed by atoms with Crippen LogP contribution < -0.4 is 0 Å². The molecule has 0 aromatic carbocycles. The molecule has 0 saturated heterocycles. The van der Waals surface area contributed by atoms with Gasteiger partial charge in [-0.3, -0.25) is 0 Å². The van der Waals surface area contributed by atoms with E-state index >= 15 is 0 Å². The van der Waals surface area contributed by atoms with E-state index in [4.69, 9.17) is 0 Å². The smallest absolute Gasteiger partial charge is 0.0313 e. The van der Waals surface area contributed by atoms with Gasteiger partial charge in [0.25, 0.3) is 0 Å². The van der Waals surface area contributed by atoms with Crippen molar-refractivity contribution in [3.05, 3.63) is 30.7 Å². The lowest BCUT2D eigenvalue weighted by Gasteiger charge is -1.94. The van der Waals surface area contributed by atoms with Gasteiger partial charge in [0.2, 0.25) is 0 Å². The summed E-state index contributed by atoms with van der Waals surface area (Å²) in [5.74, 6) is 0. The van der Waals surface area contributed by atoms with Crippen LogP contribution in [0.15, 0.2) is 23.8 Å². The maximum Gasteiger partial charge on any atom is -0.0313 e. The Labute approximate surface area is 58.3 Å². The number of allylic oxidation sites excluding steroid dienone is 4. The third kappa shape index (κ3) is 4.01. The average molecular weight is 123 g/mol. The summed E-state index contributed by atoms with van der Waals surface area (Å²) >= 11 is 0. The Morgan fingerprint density at radius 2 is 1.89 bits per heavy atom. The molecule has 0 N–H and O–H groups in total. The highest BCUT2D eigenvalue weighted by Gasteiger charge is 1.83. The monoisotopic (exact) mass is 123 g/mol. The van der Waals surface area contributed by atoms with E-state index < -0.39 is 0 Å². The lowest BCUT2D eigenvalue weighted by atomic mass is 10.1. The highest BCUT2D eigenvalue weighted by molar-refractivity contribution is 5.12. The molecule has 0 fully saturated rings. The summed E-state index contributed by atoms with van der Waals surface area (Å²) in [6, 6.07) is 0. The van der Waals surface area contributed by atoms with Crippen LogP contribution in [0.3, 0.4) is 0 Å². The van der Waals surface area contributed by atoms with Gasteiger partial charge in [0, 0.05) is 0 Å². The van der Waals surface area contributed by atoms with Crippen LogP contribution in [0, 0.1) is 6.92 Å². The predicted octanol–water partition coefficient (Wildman–Crippen LogP) is 3.12. The Morgan fingerprint density at radius 1 is 1.33 bits per heavy atom. The molecule has 0 atom stereocenters. The zero-order valence-electron chi connectivity index (χ0n) is 6.35. The molecule has 51 valence electrons. The summed E-state index contributed by atoms with van der Waals surface area (Å²) in [6.07, 6.45) is 8.24. The second-order valence-corrected chi connectivity index (χ2v) is 1.96. The third-order valence-corrected chi connectivity index (χ3v) is 1.38. The second-order valence-electron chi connectivity index (χ2n) is 1.96. The van der Waals surface area contributed by atoms with Crippen LogP contribution in [0.1, 0.15) is 26.7 Å². The first kappa shape index (κ1) is 8.48. The molecule has 0 nitrogen and oxygen atoms in total. The fraction of sp³-hybridized carbons (Fsp3) is 0.444. The van der Waals surface area contributed by atoms with Crippen molar-refractivity contribution >= 4 is 0 Å². The third-order valence-electron chi connectivity index (χ3n) is 1.38. The molecule has 0 heterocycles. The molecule has 0 aliphatic heterocycles. The van der Waals surface area contributed by atoms with Crippen molar-refractivity contribution in [2.45, 2.75) is 26.7 Å². The SMILES string of the molecule is [CH2]/C=C/C=C(CC)CC. The molecule has 0 spiro atoms. The first-order valence-electron chi connectivity index (χ1n) is 3.48. The van der Waals surface area contributed by atoms with Crippen LogP contribution in [0.5, 0.6) is 0 Å². The molecule has 0 aliphatic carbocycles. The van der Waals surface area contributed by atoms with Gasteiger partial charge in [-0.05, 0) is 19.8 Å². The molecule has 0 aliphatic rings. The zero-order chi connectivity index (χ0) is 7.11. The molecule has 0 heteroatoms. The lowest BCUT2D eigenvalue weighted by molar-refractivity contribution is 0.978. The molecule has 0 aromatic heterocycles. The van der Waals surface area contributed by atoms with Crippen LogP contribution in [0.25, 0.3) is 0 Å². The quantitative estimate of drug-likeness (QED) is 0.506. The highest BCUT2D eigenvalue weighted by Crippen LogP contribution is 2.04. The normalized spacial score (nSPS) is 10.1. The van der Waals surface area contributed by atoms with Crippen molar-refractivity contribution < 1.29 is 0 Å². The van der Waals surface area contributed by atoms with Gasteiger partial charge in [-0.2, -0.15) is 0 Å². The summed E-state index contributed by atoms with van der Waals surface area (Å²) in [5.41, 5.74) is 1.48. The van der Waals surface area contributed by atoms with Crippen molar-refractivity contribution in [1.82, 2.24) is 0 Å². The van der Waals surface area contributed by atoms with E-state index in [1.807, 2.05) is 12.2 Å². The van der Waals surface area contributed by atoms with E-state index in [1.54, 1.807) is 0 Å². The lowest BCUT2D eigenvalue weighted by Crippen LogP contribution is -1.73. The largest absolute Gasteiger partial charge is 0.0842 e. The van der Waals surface area contributed by atoms with E-state index in [0.717, 1.165) is 12.8 Å². The minimum atomic E-state index is 1.15. The van der Waals surface area contributed by atoms with Crippen LogP contribution >= 0.6 is 0 Å². The van der Waals surface area contributed by atoms with Crippen molar-refractivity contribution in [2.75, 3.05) is 0 Å². The Morgan fingerprint density at radius 3 is 2.22 bits per heavy atom. The maximum absolute atomic E-state index is 3.60. The molecule has 0 aromatic rings. The maximum atomic E-state index is 3.60. The molecule has 0 bridgehead atoms. The van der Waals surface area contributed by atoms with E-state index in [-0.39, 0.29) is 0 Å². The molecule has 1 radical (unpaired) electrons. The van der Waals surface area contributed by atoms with Gasteiger partial charge in [0.1, 0.15) is 0 Å². The van der Waals surface area contributed by atoms with Crippen molar-refractivity contribution in [3.63, 3.8) is 0 Å². The summed E-state index contributed by atoms with van der Waals surface area (Å²) in [7, 11) is 0. The molecule has 9 heavy (non-hydrogen) atoms. The Hall–Kier alpha value is -0.520. The summed E-state index contributed by atoms with van der Waals surface area (Å²) in [5, 5.41) is 0. The Kier molecular flexibility index (Phi) is 5.29. The van der Waals surface area contributed by atoms with E-state index in [0.29, 0.717) is 0 Å². The fourth-order valence-corrected chi connectivity index (χ4v) is 0.690. The van der Waals surface area contributed by atoms with E-state index in [2.05, 4.69) is 26.8 Å². The topological polar surface area (TPSA) is 0 Å². The standard InChI is InChI=1S/C9H15/c1-4-7-8-9(5-2)6-3/h4,7-8H,1,5-6H2,2-3H3/b7-4+. The van der Waals surface area contributed by atoms with Gasteiger partial charge in [0.15, 0.2) is 0 Å². The number of hydrogen-bond acceptors (Lipinski definition) is 0. The summed E-state index contributed by atoms with van der Waals surface area (Å²) < 4.78 is 0. The fourth-order valence-electron chi connectivity index (χ4n) is 0.690. The summed E-state index contributed by atoms with van der Waals surface area (Å²) in [4.78, 5) is 0. The minimum Gasteiger partial charge on any atom is -0.0842 e. The van der Waals surface area contributed by atoms with E-state index in [1.165, 1.54) is 5.57 Å². The molecule has 0 unspecified atom stereocenters. The Balaban J connectivity index is 3.75. The number of rotatable bonds is 3. The van der Waals surface area contributed by atoms with Crippen molar-refractivity contribution in [1.29, 1.82) is 0 Å². The molecule has 0 saturated carbocycles. The van der Waals surface area contributed by atoms with Gasteiger partial charge >= 0.3 is 0 Å². The van der Waals surface area contributed by atoms with Crippen LogP contribution in [0.4, 0.5) is 0 Å². The van der Waals surface area contributed by atoms with Gasteiger partial charge in [-0.15, -0.1) is 0 Å².